The van der Waals surface area contributed by atoms with Crippen LogP contribution in [0.25, 0.3) is 0 Å². The first-order valence-electron chi connectivity index (χ1n) is 5.97. The van der Waals surface area contributed by atoms with Crippen molar-refractivity contribution in [3.05, 3.63) is 23.8 Å². The molecule has 0 saturated carbocycles. The summed E-state index contributed by atoms with van der Waals surface area (Å²) in [4.78, 5) is 0. The summed E-state index contributed by atoms with van der Waals surface area (Å²) in [6.07, 6.45) is 0. The van der Waals surface area contributed by atoms with Gasteiger partial charge < -0.3 is 19.5 Å². The second-order valence-corrected chi connectivity index (χ2v) is 3.92. The van der Waals surface area contributed by atoms with E-state index in [4.69, 9.17) is 14.2 Å². The van der Waals surface area contributed by atoms with Crippen LogP contribution in [0, 0.1) is 0 Å². The molecule has 1 heterocycles. The van der Waals surface area contributed by atoms with Crippen molar-refractivity contribution < 1.29 is 14.2 Å². The number of hydrogen-bond acceptors (Lipinski definition) is 4. The number of methoxy groups -OCH3 is 1. The van der Waals surface area contributed by atoms with Gasteiger partial charge in [-0.1, -0.05) is 6.07 Å². The first kappa shape index (κ1) is 15.1. The Hall–Kier alpha value is -0.970. The SMILES string of the molecule is CCOc1cc([C@H]2COCCN2)ccc1OC.Cl. The lowest BCUT2D eigenvalue weighted by Crippen LogP contribution is -2.34. The zero-order valence-electron chi connectivity index (χ0n) is 10.8. The molecule has 1 aromatic rings. The summed E-state index contributed by atoms with van der Waals surface area (Å²) in [6, 6.07) is 6.26. The molecule has 0 bridgehead atoms. The molecule has 18 heavy (non-hydrogen) atoms. The van der Waals surface area contributed by atoms with E-state index in [-0.39, 0.29) is 18.4 Å². The molecule has 0 aromatic heterocycles. The molecule has 102 valence electrons. The fourth-order valence-electron chi connectivity index (χ4n) is 1.96. The first-order chi connectivity index (χ1) is 8.35. The maximum absolute atomic E-state index is 5.57. The van der Waals surface area contributed by atoms with E-state index in [9.17, 15) is 0 Å². The van der Waals surface area contributed by atoms with Gasteiger partial charge in [0.05, 0.1) is 33.0 Å². The Morgan fingerprint density at radius 3 is 2.83 bits per heavy atom. The van der Waals surface area contributed by atoms with E-state index in [1.54, 1.807) is 7.11 Å². The number of halogens is 1. The van der Waals surface area contributed by atoms with Gasteiger partial charge in [-0.2, -0.15) is 0 Å². The van der Waals surface area contributed by atoms with Gasteiger partial charge in [0.1, 0.15) is 0 Å². The largest absolute Gasteiger partial charge is 0.493 e. The van der Waals surface area contributed by atoms with Crippen LogP contribution in [0.15, 0.2) is 18.2 Å². The molecule has 0 spiro atoms. The Morgan fingerprint density at radius 1 is 1.39 bits per heavy atom. The molecule has 1 aliphatic rings. The third kappa shape index (κ3) is 3.51. The van der Waals surface area contributed by atoms with Gasteiger partial charge in [-0.05, 0) is 24.6 Å². The van der Waals surface area contributed by atoms with Crippen molar-refractivity contribution in [1.29, 1.82) is 0 Å². The Kier molecular flexibility index (Phi) is 6.25. The highest BCUT2D eigenvalue weighted by Crippen LogP contribution is 2.30. The van der Waals surface area contributed by atoms with E-state index >= 15 is 0 Å². The van der Waals surface area contributed by atoms with Gasteiger partial charge in [0, 0.05) is 6.54 Å². The number of nitrogens with one attached hydrogen (secondary N) is 1. The summed E-state index contributed by atoms with van der Waals surface area (Å²) >= 11 is 0. The molecule has 4 nitrogen and oxygen atoms in total. The van der Waals surface area contributed by atoms with Crippen LogP contribution in [0.4, 0.5) is 0 Å². The molecule has 1 fully saturated rings. The van der Waals surface area contributed by atoms with Crippen LogP contribution in [0.1, 0.15) is 18.5 Å². The highest BCUT2D eigenvalue weighted by molar-refractivity contribution is 5.85. The molecule has 2 rings (SSSR count). The van der Waals surface area contributed by atoms with Gasteiger partial charge in [-0.3, -0.25) is 0 Å². The Labute approximate surface area is 114 Å². The van der Waals surface area contributed by atoms with Crippen molar-refractivity contribution in [1.82, 2.24) is 5.32 Å². The maximum Gasteiger partial charge on any atom is 0.161 e. The lowest BCUT2D eigenvalue weighted by atomic mass is 10.1. The molecule has 0 amide bonds. The van der Waals surface area contributed by atoms with Crippen LogP contribution < -0.4 is 14.8 Å². The predicted molar refractivity (Wildman–Crippen MR) is 73.0 cm³/mol. The monoisotopic (exact) mass is 273 g/mol. The quantitative estimate of drug-likeness (QED) is 0.913. The molecular formula is C13H20ClNO3. The van der Waals surface area contributed by atoms with E-state index in [0.717, 1.165) is 24.7 Å². The number of morpholine rings is 1. The number of ether oxygens (including phenoxy) is 3. The number of rotatable bonds is 4. The van der Waals surface area contributed by atoms with Crippen molar-refractivity contribution in [2.45, 2.75) is 13.0 Å². The normalized spacial score (nSPS) is 18.9. The maximum atomic E-state index is 5.57. The van der Waals surface area contributed by atoms with Crippen molar-refractivity contribution in [3.63, 3.8) is 0 Å². The highest BCUT2D eigenvalue weighted by atomic mass is 35.5. The van der Waals surface area contributed by atoms with Crippen molar-refractivity contribution >= 4 is 12.4 Å². The molecule has 1 aliphatic heterocycles. The fraction of sp³-hybridized carbons (Fsp3) is 0.538. The lowest BCUT2D eigenvalue weighted by Gasteiger charge is -2.24. The van der Waals surface area contributed by atoms with Crippen LogP contribution in [0.5, 0.6) is 11.5 Å². The molecule has 0 radical (unpaired) electrons. The summed E-state index contributed by atoms with van der Waals surface area (Å²) in [5, 5.41) is 3.42. The fourth-order valence-corrected chi connectivity index (χ4v) is 1.96. The van der Waals surface area contributed by atoms with Crippen LogP contribution in [-0.2, 0) is 4.74 Å². The van der Waals surface area contributed by atoms with E-state index in [1.165, 1.54) is 5.56 Å². The molecule has 1 saturated heterocycles. The van der Waals surface area contributed by atoms with Crippen LogP contribution in [0.2, 0.25) is 0 Å². The van der Waals surface area contributed by atoms with Gasteiger partial charge in [-0.15, -0.1) is 12.4 Å². The van der Waals surface area contributed by atoms with Gasteiger partial charge in [0.2, 0.25) is 0 Å². The van der Waals surface area contributed by atoms with Crippen LogP contribution >= 0.6 is 12.4 Å². The Morgan fingerprint density at radius 2 is 2.22 bits per heavy atom. The summed E-state index contributed by atoms with van der Waals surface area (Å²) < 4.78 is 16.3. The molecule has 5 heteroatoms. The van der Waals surface area contributed by atoms with Crippen molar-refractivity contribution in [3.8, 4) is 11.5 Å². The molecule has 1 N–H and O–H groups in total. The minimum absolute atomic E-state index is 0. The molecule has 0 unspecified atom stereocenters. The zero-order valence-corrected chi connectivity index (χ0v) is 11.6. The summed E-state index contributed by atoms with van der Waals surface area (Å²) in [5.74, 6) is 1.56. The van der Waals surface area contributed by atoms with Crippen LogP contribution in [0.3, 0.4) is 0 Å². The summed E-state index contributed by atoms with van der Waals surface area (Å²) in [5.41, 5.74) is 1.17. The minimum atomic E-state index is 0. The van der Waals surface area contributed by atoms with Gasteiger partial charge in [0.15, 0.2) is 11.5 Å². The van der Waals surface area contributed by atoms with E-state index in [0.29, 0.717) is 13.2 Å². The summed E-state index contributed by atoms with van der Waals surface area (Å²) in [7, 11) is 1.65. The minimum Gasteiger partial charge on any atom is -0.493 e. The standard InChI is InChI=1S/C13H19NO3.ClH/c1-3-17-13-8-10(4-5-12(13)15-2)11-9-16-7-6-14-11;/h4-5,8,11,14H,3,6-7,9H2,1-2H3;1H/t11-;/m1./s1. The third-order valence-electron chi connectivity index (χ3n) is 2.81. The molecule has 1 aromatic carbocycles. The van der Waals surface area contributed by atoms with Gasteiger partial charge in [-0.25, -0.2) is 0 Å². The van der Waals surface area contributed by atoms with Crippen molar-refractivity contribution in [2.24, 2.45) is 0 Å². The van der Waals surface area contributed by atoms with Gasteiger partial charge >= 0.3 is 0 Å². The number of hydrogen-bond donors (Lipinski definition) is 1. The third-order valence-corrected chi connectivity index (χ3v) is 2.81. The molecule has 0 aliphatic carbocycles. The van der Waals surface area contributed by atoms with Crippen molar-refractivity contribution in [2.75, 3.05) is 33.5 Å². The second-order valence-electron chi connectivity index (χ2n) is 3.92. The Bertz CT molecular complexity index is 367. The molecule has 1 atom stereocenters. The smallest absolute Gasteiger partial charge is 0.161 e. The second kappa shape index (κ2) is 7.46. The van der Waals surface area contributed by atoms with Gasteiger partial charge in [0.25, 0.3) is 0 Å². The highest BCUT2D eigenvalue weighted by Gasteiger charge is 2.17. The van der Waals surface area contributed by atoms with E-state index in [2.05, 4.69) is 5.32 Å². The topological polar surface area (TPSA) is 39.7 Å². The molecular weight excluding hydrogens is 254 g/mol. The summed E-state index contributed by atoms with van der Waals surface area (Å²) in [6.45, 7) is 4.98. The van der Waals surface area contributed by atoms with E-state index in [1.807, 2.05) is 25.1 Å². The van der Waals surface area contributed by atoms with E-state index < -0.39 is 0 Å². The average molecular weight is 274 g/mol. The lowest BCUT2D eigenvalue weighted by molar-refractivity contribution is 0.0768. The first-order valence-corrected chi connectivity index (χ1v) is 5.97. The predicted octanol–water partition coefficient (Wildman–Crippen LogP) is 2.18. The zero-order chi connectivity index (χ0) is 12.1. The average Bonchev–Trinajstić information content (AvgIpc) is 2.40. The van der Waals surface area contributed by atoms with Crippen LogP contribution in [-0.4, -0.2) is 33.5 Å². The number of benzene rings is 1. The Balaban J connectivity index is 0.00000162.